The van der Waals surface area contributed by atoms with Crippen molar-refractivity contribution >= 4 is 22.0 Å². The fourth-order valence-electron chi connectivity index (χ4n) is 3.05. The van der Waals surface area contributed by atoms with Gasteiger partial charge in [-0.15, -0.1) is 11.3 Å². The van der Waals surface area contributed by atoms with Gasteiger partial charge in [-0.2, -0.15) is 0 Å². The van der Waals surface area contributed by atoms with E-state index in [9.17, 15) is 0 Å². The Bertz CT molecular complexity index is 646. The van der Waals surface area contributed by atoms with Crippen LogP contribution in [0, 0.1) is 6.92 Å². The molecule has 4 heteroatoms. The molecule has 0 amide bonds. The van der Waals surface area contributed by atoms with Gasteiger partial charge in [0.25, 0.3) is 0 Å². The molecule has 1 unspecified atom stereocenters. The van der Waals surface area contributed by atoms with Crippen LogP contribution < -0.4 is 11.1 Å². The number of nitrogens with one attached hydrogen (secondary N) is 1. The lowest BCUT2D eigenvalue weighted by Gasteiger charge is -2.24. The van der Waals surface area contributed by atoms with E-state index < -0.39 is 0 Å². The number of hydrogen-bond donors (Lipinski definition) is 2. The highest BCUT2D eigenvalue weighted by atomic mass is 32.1. The van der Waals surface area contributed by atoms with Crippen molar-refractivity contribution in [1.29, 1.82) is 0 Å². The summed E-state index contributed by atoms with van der Waals surface area (Å²) in [6.45, 7) is 3.03. The number of benzene rings is 1. The average molecular weight is 313 g/mol. The van der Waals surface area contributed by atoms with Crippen molar-refractivity contribution < 1.29 is 0 Å². The van der Waals surface area contributed by atoms with Gasteiger partial charge >= 0.3 is 0 Å². The first-order chi connectivity index (χ1) is 10.7. The first kappa shape index (κ1) is 15.3. The van der Waals surface area contributed by atoms with Crippen LogP contribution in [0.15, 0.2) is 36.4 Å². The van der Waals surface area contributed by atoms with Crippen molar-refractivity contribution in [2.75, 3.05) is 12.3 Å². The van der Waals surface area contributed by atoms with Crippen LogP contribution in [0.5, 0.6) is 0 Å². The minimum atomic E-state index is 0.575. The topological polar surface area (TPSA) is 50.9 Å². The molecule has 0 saturated heterocycles. The Morgan fingerprint density at radius 3 is 2.86 bits per heavy atom. The first-order valence-electron chi connectivity index (χ1n) is 7.92. The molecule has 0 bridgehead atoms. The van der Waals surface area contributed by atoms with Gasteiger partial charge in [-0.05, 0) is 43.7 Å². The summed E-state index contributed by atoms with van der Waals surface area (Å²) in [6.07, 6.45) is 6.90. The fraction of sp³-hybridized carbons (Fsp3) is 0.389. The summed E-state index contributed by atoms with van der Waals surface area (Å²) in [5.74, 6) is 0. The van der Waals surface area contributed by atoms with E-state index in [4.69, 9.17) is 5.73 Å². The molecule has 0 saturated carbocycles. The van der Waals surface area contributed by atoms with E-state index in [2.05, 4.69) is 53.6 Å². The van der Waals surface area contributed by atoms with Crippen LogP contribution in [0.4, 0.5) is 5.13 Å². The minimum Gasteiger partial charge on any atom is -0.375 e. The molecular formula is C18H23N3S. The molecule has 1 aromatic carbocycles. The van der Waals surface area contributed by atoms with E-state index in [1.165, 1.54) is 28.9 Å². The number of nitrogens with zero attached hydrogens (tertiary/aromatic N) is 1. The van der Waals surface area contributed by atoms with E-state index in [1.54, 1.807) is 11.3 Å². The van der Waals surface area contributed by atoms with Crippen molar-refractivity contribution in [2.24, 2.45) is 0 Å². The summed E-state index contributed by atoms with van der Waals surface area (Å²) in [5.41, 5.74) is 9.70. The Morgan fingerprint density at radius 1 is 1.32 bits per heavy atom. The van der Waals surface area contributed by atoms with Crippen molar-refractivity contribution in [2.45, 2.75) is 38.6 Å². The molecule has 0 spiro atoms. The standard InChI is InChI=1S/C18H23N3S/c1-13-17(22-18(19)21-13)9-5-8-16-12-15(10-11-20-16)14-6-3-2-4-7-14/h2-4,6-7,10,16,20H,5,8-9,11-12H2,1H3,(H2,19,21). The van der Waals surface area contributed by atoms with Gasteiger partial charge in [0, 0.05) is 17.5 Å². The van der Waals surface area contributed by atoms with Gasteiger partial charge in [0.05, 0.1) is 5.69 Å². The number of aryl methyl sites for hydroxylation is 2. The molecule has 0 aliphatic carbocycles. The number of thiazole rings is 1. The van der Waals surface area contributed by atoms with Crippen molar-refractivity contribution in [3.8, 4) is 0 Å². The average Bonchev–Trinajstić information content (AvgIpc) is 2.86. The van der Waals surface area contributed by atoms with Gasteiger partial charge in [0.1, 0.15) is 0 Å². The van der Waals surface area contributed by atoms with Crippen LogP contribution in [0.2, 0.25) is 0 Å². The van der Waals surface area contributed by atoms with E-state index in [-0.39, 0.29) is 0 Å². The number of rotatable bonds is 5. The lowest BCUT2D eigenvalue weighted by Crippen LogP contribution is -2.32. The van der Waals surface area contributed by atoms with Gasteiger partial charge < -0.3 is 11.1 Å². The minimum absolute atomic E-state index is 0.575. The normalized spacial score (nSPS) is 18.2. The number of anilines is 1. The molecule has 3 nitrogen and oxygen atoms in total. The quantitative estimate of drug-likeness (QED) is 0.882. The Balaban J connectivity index is 1.52. The molecule has 116 valence electrons. The maximum absolute atomic E-state index is 5.76. The lowest BCUT2D eigenvalue weighted by atomic mass is 9.93. The highest BCUT2D eigenvalue weighted by molar-refractivity contribution is 7.15. The Kier molecular flexibility index (Phi) is 4.90. The highest BCUT2D eigenvalue weighted by Gasteiger charge is 2.16. The summed E-state index contributed by atoms with van der Waals surface area (Å²) in [4.78, 5) is 5.64. The second kappa shape index (κ2) is 7.07. The van der Waals surface area contributed by atoms with Crippen molar-refractivity contribution in [3.05, 3.63) is 52.5 Å². The molecule has 22 heavy (non-hydrogen) atoms. The fourth-order valence-corrected chi connectivity index (χ4v) is 3.93. The van der Waals surface area contributed by atoms with Gasteiger partial charge in [-0.25, -0.2) is 4.98 Å². The lowest BCUT2D eigenvalue weighted by molar-refractivity contribution is 0.486. The predicted octanol–water partition coefficient (Wildman–Crippen LogP) is 3.80. The Labute approximate surface area is 136 Å². The number of aromatic nitrogens is 1. The van der Waals surface area contributed by atoms with E-state index in [1.807, 2.05) is 0 Å². The largest absolute Gasteiger partial charge is 0.375 e. The first-order valence-corrected chi connectivity index (χ1v) is 8.73. The molecule has 3 N–H and O–H groups in total. The molecule has 0 fully saturated rings. The van der Waals surface area contributed by atoms with Crippen LogP contribution >= 0.6 is 11.3 Å². The second-order valence-electron chi connectivity index (χ2n) is 5.86. The van der Waals surface area contributed by atoms with Gasteiger partial charge in [-0.1, -0.05) is 36.4 Å². The van der Waals surface area contributed by atoms with Crippen molar-refractivity contribution in [1.82, 2.24) is 10.3 Å². The number of hydrogen-bond acceptors (Lipinski definition) is 4. The summed E-state index contributed by atoms with van der Waals surface area (Å²) in [6, 6.07) is 11.3. The third-order valence-electron chi connectivity index (χ3n) is 4.23. The SMILES string of the molecule is Cc1nc(N)sc1CCCC1CC(c2ccccc2)=CCN1. The number of nitrogens with two attached hydrogens (primary N) is 1. The molecule has 2 heterocycles. The van der Waals surface area contributed by atoms with Gasteiger partial charge in [0.2, 0.25) is 0 Å². The summed E-state index contributed by atoms with van der Waals surface area (Å²) < 4.78 is 0. The molecule has 1 aliphatic heterocycles. The zero-order chi connectivity index (χ0) is 15.4. The third kappa shape index (κ3) is 3.76. The Hall–Kier alpha value is -1.65. The molecule has 1 aliphatic rings. The molecule has 1 atom stereocenters. The van der Waals surface area contributed by atoms with E-state index in [0.29, 0.717) is 11.2 Å². The van der Waals surface area contributed by atoms with E-state index >= 15 is 0 Å². The van der Waals surface area contributed by atoms with Crippen LogP contribution in [-0.4, -0.2) is 17.6 Å². The van der Waals surface area contributed by atoms with Crippen LogP contribution in [0.25, 0.3) is 5.57 Å². The molecule has 2 aromatic rings. The zero-order valence-corrected chi connectivity index (χ0v) is 13.8. The van der Waals surface area contributed by atoms with E-state index in [0.717, 1.165) is 25.1 Å². The van der Waals surface area contributed by atoms with Gasteiger partial charge in [-0.3, -0.25) is 0 Å². The van der Waals surface area contributed by atoms with Crippen molar-refractivity contribution in [3.63, 3.8) is 0 Å². The smallest absolute Gasteiger partial charge is 0.180 e. The number of nitrogen functional groups attached to an aromatic ring is 1. The summed E-state index contributed by atoms with van der Waals surface area (Å²) in [7, 11) is 0. The maximum Gasteiger partial charge on any atom is 0.180 e. The van der Waals surface area contributed by atoms with Crippen LogP contribution in [0.3, 0.4) is 0 Å². The van der Waals surface area contributed by atoms with Crippen LogP contribution in [0.1, 0.15) is 35.4 Å². The maximum atomic E-state index is 5.76. The monoisotopic (exact) mass is 313 g/mol. The summed E-state index contributed by atoms with van der Waals surface area (Å²) >= 11 is 1.63. The summed E-state index contributed by atoms with van der Waals surface area (Å²) in [5, 5.41) is 4.30. The Morgan fingerprint density at radius 2 is 2.14 bits per heavy atom. The second-order valence-corrected chi connectivity index (χ2v) is 6.97. The highest BCUT2D eigenvalue weighted by Crippen LogP contribution is 2.26. The molecule has 0 radical (unpaired) electrons. The zero-order valence-electron chi connectivity index (χ0n) is 13.0. The molecular weight excluding hydrogens is 290 g/mol. The molecule has 3 rings (SSSR count). The van der Waals surface area contributed by atoms with Crippen LogP contribution in [-0.2, 0) is 6.42 Å². The predicted molar refractivity (Wildman–Crippen MR) is 95.0 cm³/mol. The molecule has 1 aromatic heterocycles. The third-order valence-corrected chi connectivity index (χ3v) is 5.28. The van der Waals surface area contributed by atoms with Gasteiger partial charge in [0.15, 0.2) is 5.13 Å².